The molecule has 4 rings (SSSR count). The molecule has 2 aromatic heterocycles. The van der Waals surface area contributed by atoms with E-state index in [0.29, 0.717) is 16.2 Å². The van der Waals surface area contributed by atoms with Crippen LogP contribution >= 0.6 is 11.6 Å². The van der Waals surface area contributed by atoms with Gasteiger partial charge in [-0.05, 0) is 18.2 Å². The van der Waals surface area contributed by atoms with Gasteiger partial charge in [-0.15, -0.1) is 0 Å². The van der Waals surface area contributed by atoms with Crippen LogP contribution in [0.5, 0.6) is 11.6 Å². The minimum absolute atomic E-state index is 0.112. The van der Waals surface area contributed by atoms with Gasteiger partial charge in [0.2, 0.25) is 5.88 Å². The number of pyridine rings is 1. The average molecular weight is 358 g/mol. The highest BCUT2D eigenvalue weighted by Gasteiger charge is 2.13. The van der Waals surface area contributed by atoms with Crippen molar-refractivity contribution in [3.63, 3.8) is 0 Å². The Labute approximate surface area is 146 Å². The first-order valence-corrected chi connectivity index (χ1v) is 7.71. The molecule has 1 N–H and O–H groups in total. The number of fused-ring (bicyclic) bond motifs is 1. The number of hydrogen-bond acceptors (Lipinski definition) is 3. The second kappa shape index (κ2) is 6.14. The molecule has 2 heterocycles. The van der Waals surface area contributed by atoms with Gasteiger partial charge in [0.25, 0.3) is 0 Å². The van der Waals surface area contributed by atoms with Crippen LogP contribution in [0.3, 0.4) is 0 Å². The van der Waals surface area contributed by atoms with Crippen molar-refractivity contribution in [2.45, 2.75) is 0 Å². The first kappa shape index (κ1) is 15.5. The van der Waals surface area contributed by atoms with Crippen LogP contribution in [0.25, 0.3) is 22.2 Å². The van der Waals surface area contributed by atoms with Crippen molar-refractivity contribution < 1.29 is 13.5 Å². The van der Waals surface area contributed by atoms with Crippen LogP contribution < -0.4 is 4.74 Å². The zero-order chi connectivity index (χ0) is 17.4. The minimum atomic E-state index is -0.803. The number of benzene rings is 2. The molecule has 0 aliphatic heterocycles. The fourth-order valence-corrected chi connectivity index (χ4v) is 2.70. The van der Waals surface area contributed by atoms with Crippen molar-refractivity contribution in [2.75, 3.05) is 0 Å². The lowest BCUT2D eigenvalue weighted by atomic mass is 10.1. The summed E-state index contributed by atoms with van der Waals surface area (Å²) in [6.45, 7) is 0. The lowest BCUT2D eigenvalue weighted by Gasteiger charge is -2.06. The summed E-state index contributed by atoms with van der Waals surface area (Å²) < 4.78 is 32.0. The summed E-state index contributed by atoms with van der Waals surface area (Å²) in [6.07, 6.45) is 1.56. The quantitative estimate of drug-likeness (QED) is 0.537. The van der Waals surface area contributed by atoms with E-state index in [1.807, 2.05) is 18.2 Å². The highest BCUT2D eigenvalue weighted by atomic mass is 35.5. The van der Waals surface area contributed by atoms with Gasteiger partial charge in [-0.3, -0.25) is 5.10 Å². The molecule has 0 atom stereocenters. The van der Waals surface area contributed by atoms with Crippen molar-refractivity contribution in [1.82, 2.24) is 15.2 Å². The van der Waals surface area contributed by atoms with Crippen LogP contribution in [0.4, 0.5) is 8.78 Å². The van der Waals surface area contributed by atoms with Crippen molar-refractivity contribution in [2.24, 2.45) is 0 Å². The largest absolute Gasteiger partial charge is 0.436 e. The molecule has 0 unspecified atom stereocenters. The number of aromatic nitrogens is 3. The van der Waals surface area contributed by atoms with E-state index in [0.717, 1.165) is 23.1 Å². The van der Waals surface area contributed by atoms with Crippen LogP contribution in [0.1, 0.15) is 0 Å². The second-order valence-corrected chi connectivity index (χ2v) is 5.70. The van der Waals surface area contributed by atoms with Crippen LogP contribution in [-0.4, -0.2) is 15.2 Å². The fourth-order valence-electron chi connectivity index (χ4n) is 2.48. The number of aromatic amines is 1. The molecule has 0 aliphatic carbocycles. The molecule has 0 saturated carbocycles. The molecule has 0 fully saturated rings. The third-order valence-corrected chi connectivity index (χ3v) is 3.99. The molecule has 7 heteroatoms. The SMILES string of the molecule is Fc1ccc(Oc2cc3[nH]nc(-c4ccccc4Cl)c3cn2)c(F)c1. The Morgan fingerprint density at radius 2 is 1.88 bits per heavy atom. The summed E-state index contributed by atoms with van der Waals surface area (Å²) in [5.41, 5.74) is 2.09. The summed E-state index contributed by atoms with van der Waals surface area (Å²) in [6, 6.07) is 12.0. The molecule has 2 aromatic carbocycles. The van der Waals surface area contributed by atoms with Gasteiger partial charge in [0.1, 0.15) is 11.5 Å². The van der Waals surface area contributed by atoms with Crippen molar-refractivity contribution >= 4 is 22.5 Å². The van der Waals surface area contributed by atoms with Gasteiger partial charge in [-0.1, -0.05) is 29.8 Å². The van der Waals surface area contributed by atoms with Crippen LogP contribution in [0.2, 0.25) is 5.02 Å². The number of nitrogens with one attached hydrogen (secondary N) is 1. The number of nitrogens with zero attached hydrogens (tertiary/aromatic N) is 2. The van der Waals surface area contributed by atoms with Gasteiger partial charge >= 0.3 is 0 Å². The lowest BCUT2D eigenvalue weighted by Crippen LogP contribution is -1.91. The normalized spacial score (nSPS) is 11.0. The van der Waals surface area contributed by atoms with Gasteiger partial charge in [-0.25, -0.2) is 13.8 Å². The van der Waals surface area contributed by atoms with E-state index in [2.05, 4.69) is 15.2 Å². The first-order valence-electron chi connectivity index (χ1n) is 7.34. The second-order valence-electron chi connectivity index (χ2n) is 5.30. The molecule has 0 bridgehead atoms. The maximum absolute atomic E-state index is 13.7. The Bertz CT molecular complexity index is 1080. The van der Waals surface area contributed by atoms with Crippen LogP contribution in [0, 0.1) is 11.6 Å². The smallest absolute Gasteiger partial charge is 0.221 e. The Morgan fingerprint density at radius 1 is 1.04 bits per heavy atom. The number of rotatable bonds is 3. The van der Waals surface area contributed by atoms with Gasteiger partial charge < -0.3 is 4.74 Å². The van der Waals surface area contributed by atoms with Gasteiger partial charge in [0.15, 0.2) is 11.6 Å². The summed E-state index contributed by atoms with van der Waals surface area (Å²) in [5, 5.41) is 8.48. The van der Waals surface area contributed by atoms with Crippen molar-refractivity contribution in [1.29, 1.82) is 0 Å². The Balaban J connectivity index is 1.71. The fraction of sp³-hybridized carbons (Fsp3) is 0. The molecule has 124 valence electrons. The van der Waals surface area contributed by atoms with Gasteiger partial charge in [-0.2, -0.15) is 5.10 Å². The molecule has 0 radical (unpaired) electrons. The third kappa shape index (κ3) is 2.92. The molecule has 25 heavy (non-hydrogen) atoms. The Hall–Kier alpha value is -2.99. The van der Waals surface area contributed by atoms with E-state index in [4.69, 9.17) is 16.3 Å². The summed E-state index contributed by atoms with van der Waals surface area (Å²) in [7, 11) is 0. The number of ether oxygens (including phenoxy) is 1. The van der Waals surface area contributed by atoms with E-state index in [9.17, 15) is 8.78 Å². The zero-order valence-electron chi connectivity index (χ0n) is 12.6. The number of hydrogen-bond donors (Lipinski definition) is 1. The van der Waals surface area contributed by atoms with Gasteiger partial charge in [0.05, 0.1) is 10.5 Å². The van der Waals surface area contributed by atoms with Crippen molar-refractivity contribution in [3.05, 3.63) is 71.4 Å². The van der Waals surface area contributed by atoms with E-state index < -0.39 is 11.6 Å². The molecule has 0 saturated heterocycles. The topological polar surface area (TPSA) is 50.8 Å². The summed E-state index contributed by atoms with van der Waals surface area (Å²) in [4.78, 5) is 4.17. The van der Waals surface area contributed by atoms with Crippen LogP contribution in [-0.2, 0) is 0 Å². The monoisotopic (exact) mass is 357 g/mol. The third-order valence-electron chi connectivity index (χ3n) is 3.66. The molecule has 0 spiro atoms. The first-order chi connectivity index (χ1) is 12.1. The maximum Gasteiger partial charge on any atom is 0.221 e. The van der Waals surface area contributed by atoms with E-state index in [-0.39, 0.29) is 11.6 Å². The minimum Gasteiger partial charge on any atom is -0.436 e. The summed E-state index contributed by atoms with van der Waals surface area (Å²) in [5.74, 6) is -1.43. The summed E-state index contributed by atoms with van der Waals surface area (Å²) >= 11 is 6.21. The standard InChI is InChI=1S/C18H10ClF2N3O/c19-13-4-2-1-3-11(13)18-12-9-22-17(8-15(12)23-24-18)25-16-6-5-10(20)7-14(16)21/h1-9H,(H,23,24). The van der Waals surface area contributed by atoms with Crippen molar-refractivity contribution in [3.8, 4) is 22.9 Å². The van der Waals surface area contributed by atoms with E-state index >= 15 is 0 Å². The number of H-pyrrole nitrogens is 1. The van der Waals surface area contributed by atoms with E-state index in [1.165, 1.54) is 6.07 Å². The highest BCUT2D eigenvalue weighted by Crippen LogP contribution is 2.33. The molecular weight excluding hydrogens is 348 g/mol. The molecule has 4 aromatic rings. The zero-order valence-corrected chi connectivity index (χ0v) is 13.4. The molecule has 4 nitrogen and oxygen atoms in total. The Morgan fingerprint density at radius 3 is 2.68 bits per heavy atom. The van der Waals surface area contributed by atoms with E-state index in [1.54, 1.807) is 18.3 Å². The average Bonchev–Trinajstić information content (AvgIpc) is 3.01. The lowest BCUT2D eigenvalue weighted by molar-refractivity contribution is 0.424. The highest BCUT2D eigenvalue weighted by molar-refractivity contribution is 6.33. The molecule has 0 amide bonds. The van der Waals surface area contributed by atoms with Crippen LogP contribution in [0.15, 0.2) is 54.7 Å². The molecule has 0 aliphatic rings. The molecular formula is C18H10ClF2N3O. The predicted octanol–water partition coefficient (Wildman–Crippen LogP) is 5.35. The maximum atomic E-state index is 13.7. The number of halogens is 3. The van der Waals surface area contributed by atoms with Gasteiger partial charge in [0, 0.05) is 29.3 Å². The Kier molecular flexibility index (Phi) is 3.82. The predicted molar refractivity (Wildman–Crippen MR) is 90.8 cm³/mol.